The van der Waals surface area contributed by atoms with Gasteiger partial charge in [0.1, 0.15) is 0 Å². The summed E-state index contributed by atoms with van der Waals surface area (Å²) in [7, 11) is 0. The average molecular weight is 365 g/mol. The average Bonchev–Trinajstić information content (AvgIpc) is 2.60. The molecule has 25 heavy (non-hydrogen) atoms. The number of nitrogens with zero attached hydrogens (tertiary/aromatic N) is 2. The number of hydrogen-bond acceptors (Lipinski definition) is 5. The Labute approximate surface area is 154 Å². The van der Waals surface area contributed by atoms with Gasteiger partial charge in [0.2, 0.25) is 11.8 Å². The van der Waals surface area contributed by atoms with Gasteiger partial charge in [0.25, 0.3) is 0 Å². The van der Waals surface area contributed by atoms with Crippen molar-refractivity contribution in [1.29, 1.82) is 0 Å². The number of hydrogen-bond donors (Lipinski definition) is 2. The Morgan fingerprint density at radius 1 is 1.24 bits per heavy atom. The van der Waals surface area contributed by atoms with Crippen molar-refractivity contribution in [3.05, 3.63) is 23.8 Å². The highest BCUT2D eigenvalue weighted by molar-refractivity contribution is 7.99. The van der Waals surface area contributed by atoms with Crippen molar-refractivity contribution in [2.24, 2.45) is 5.73 Å². The molecule has 2 rings (SSSR count). The molecule has 0 aromatic heterocycles. The number of thioether (sulfide) groups is 1. The zero-order valence-electron chi connectivity index (χ0n) is 15.1. The summed E-state index contributed by atoms with van der Waals surface area (Å²) in [5.41, 5.74) is 8.20. The monoisotopic (exact) mass is 364 g/mol. The molecule has 3 N–H and O–H groups in total. The summed E-state index contributed by atoms with van der Waals surface area (Å²) in [6.45, 7) is 9.59. The largest absolute Gasteiger partial charge is 0.369 e. The van der Waals surface area contributed by atoms with E-state index in [4.69, 9.17) is 5.73 Å². The molecular weight excluding hydrogens is 336 g/mol. The first kappa shape index (κ1) is 19.6. The molecule has 2 amide bonds. The van der Waals surface area contributed by atoms with Crippen molar-refractivity contribution in [2.75, 3.05) is 54.4 Å². The summed E-state index contributed by atoms with van der Waals surface area (Å²) >= 11 is 1.38. The Kier molecular flexibility index (Phi) is 7.58. The van der Waals surface area contributed by atoms with Crippen LogP contribution in [0.15, 0.2) is 18.2 Å². The SMILES string of the molecule is CCN1CCN(c2ccc(NC(=O)CCSCC(N)=O)c(C)c2)CC1. The number of nitrogens with one attached hydrogen (secondary N) is 1. The molecule has 0 atom stereocenters. The third-order valence-electron chi connectivity index (χ3n) is 4.39. The fourth-order valence-electron chi connectivity index (χ4n) is 2.86. The standard InChI is InChI=1S/C18H28N4O2S/c1-3-21-7-9-22(10-8-21)15-4-5-16(14(2)12-15)20-18(24)6-11-25-13-17(19)23/h4-5,12H,3,6-11,13H2,1-2H3,(H2,19,23)(H,20,24). The molecule has 1 aromatic rings. The van der Waals surface area contributed by atoms with E-state index >= 15 is 0 Å². The Hall–Kier alpha value is -1.73. The van der Waals surface area contributed by atoms with Gasteiger partial charge in [0, 0.05) is 49.7 Å². The summed E-state index contributed by atoms with van der Waals surface area (Å²) < 4.78 is 0. The van der Waals surface area contributed by atoms with Crippen LogP contribution < -0.4 is 16.0 Å². The van der Waals surface area contributed by atoms with Crippen molar-refractivity contribution < 1.29 is 9.59 Å². The highest BCUT2D eigenvalue weighted by Gasteiger charge is 2.16. The molecule has 1 saturated heterocycles. The Balaban J connectivity index is 1.85. The summed E-state index contributed by atoms with van der Waals surface area (Å²) in [5, 5.41) is 2.95. The zero-order chi connectivity index (χ0) is 18.2. The minimum atomic E-state index is -0.350. The quantitative estimate of drug-likeness (QED) is 0.686. The summed E-state index contributed by atoms with van der Waals surface area (Å²) in [5.74, 6) is 0.459. The van der Waals surface area contributed by atoms with Crippen molar-refractivity contribution in [2.45, 2.75) is 20.3 Å². The van der Waals surface area contributed by atoms with Crippen LogP contribution in [0.3, 0.4) is 0 Å². The van der Waals surface area contributed by atoms with Crippen LogP contribution in [0.4, 0.5) is 11.4 Å². The molecule has 1 aromatic carbocycles. The molecule has 0 spiro atoms. The number of primary amides is 1. The lowest BCUT2D eigenvalue weighted by atomic mass is 10.1. The van der Waals surface area contributed by atoms with E-state index in [0.29, 0.717) is 12.2 Å². The van der Waals surface area contributed by atoms with E-state index in [1.54, 1.807) is 0 Å². The number of amides is 2. The summed E-state index contributed by atoms with van der Waals surface area (Å²) in [4.78, 5) is 27.5. The minimum Gasteiger partial charge on any atom is -0.369 e. The second-order valence-electron chi connectivity index (χ2n) is 6.24. The topological polar surface area (TPSA) is 78.7 Å². The molecule has 1 heterocycles. The normalized spacial score (nSPS) is 15.2. The fraction of sp³-hybridized carbons (Fsp3) is 0.556. The number of rotatable bonds is 8. The highest BCUT2D eigenvalue weighted by Crippen LogP contribution is 2.24. The van der Waals surface area contributed by atoms with Gasteiger partial charge in [-0.3, -0.25) is 9.59 Å². The number of carbonyl (C=O) groups excluding carboxylic acids is 2. The number of likely N-dealkylation sites (N-methyl/N-ethyl adjacent to an activating group) is 1. The van der Waals surface area contributed by atoms with Gasteiger partial charge in [0.05, 0.1) is 5.75 Å². The van der Waals surface area contributed by atoms with Gasteiger partial charge in [-0.1, -0.05) is 6.92 Å². The van der Waals surface area contributed by atoms with Crippen LogP contribution >= 0.6 is 11.8 Å². The molecule has 1 aliphatic heterocycles. The Bertz CT molecular complexity index is 601. The van der Waals surface area contributed by atoms with E-state index in [1.807, 2.05) is 13.0 Å². The Morgan fingerprint density at radius 2 is 1.96 bits per heavy atom. The fourth-order valence-corrected chi connectivity index (χ4v) is 3.53. The van der Waals surface area contributed by atoms with Gasteiger partial charge in [-0.15, -0.1) is 0 Å². The van der Waals surface area contributed by atoms with Crippen LogP contribution in [0.5, 0.6) is 0 Å². The number of nitrogens with two attached hydrogens (primary N) is 1. The molecule has 0 saturated carbocycles. The number of carbonyl (C=O) groups is 2. The molecule has 138 valence electrons. The third-order valence-corrected chi connectivity index (χ3v) is 5.37. The van der Waals surface area contributed by atoms with Crippen LogP contribution in [-0.4, -0.2) is 60.9 Å². The minimum absolute atomic E-state index is 0.0376. The number of anilines is 2. The van der Waals surface area contributed by atoms with E-state index < -0.39 is 0 Å². The number of benzene rings is 1. The van der Waals surface area contributed by atoms with Crippen LogP contribution in [0.25, 0.3) is 0 Å². The third kappa shape index (κ3) is 6.25. The molecule has 0 radical (unpaired) electrons. The molecule has 0 bridgehead atoms. The summed E-state index contributed by atoms with van der Waals surface area (Å²) in [6, 6.07) is 6.19. The molecule has 1 aliphatic rings. The predicted octanol–water partition coefficient (Wildman–Crippen LogP) is 1.68. The highest BCUT2D eigenvalue weighted by atomic mass is 32.2. The lowest BCUT2D eigenvalue weighted by Gasteiger charge is -2.35. The first-order valence-electron chi connectivity index (χ1n) is 8.73. The predicted molar refractivity (Wildman–Crippen MR) is 105 cm³/mol. The van der Waals surface area contributed by atoms with Gasteiger partial charge in [-0.05, 0) is 37.2 Å². The second kappa shape index (κ2) is 9.68. The van der Waals surface area contributed by atoms with E-state index in [-0.39, 0.29) is 17.6 Å². The van der Waals surface area contributed by atoms with Crippen molar-refractivity contribution in [1.82, 2.24) is 4.90 Å². The van der Waals surface area contributed by atoms with Crippen molar-refractivity contribution >= 4 is 35.0 Å². The summed E-state index contributed by atoms with van der Waals surface area (Å²) in [6.07, 6.45) is 0.373. The number of aryl methyl sites for hydroxylation is 1. The molecule has 1 fully saturated rings. The van der Waals surface area contributed by atoms with Gasteiger partial charge in [-0.2, -0.15) is 11.8 Å². The lowest BCUT2D eigenvalue weighted by Crippen LogP contribution is -2.46. The maximum atomic E-state index is 12.0. The number of piperazine rings is 1. The van der Waals surface area contributed by atoms with Gasteiger partial charge < -0.3 is 20.9 Å². The lowest BCUT2D eigenvalue weighted by molar-refractivity contribution is -0.116. The van der Waals surface area contributed by atoms with E-state index in [1.165, 1.54) is 17.4 Å². The molecule has 0 unspecified atom stereocenters. The van der Waals surface area contributed by atoms with Crippen LogP contribution in [0.1, 0.15) is 18.9 Å². The van der Waals surface area contributed by atoms with Crippen molar-refractivity contribution in [3.63, 3.8) is 0 Å². The van der Waals surface area contributed by atoms with E-state index in [0.717, 1.165) is 44.0 Å². The molecule has 6 nitrogen and oxygen atoms in total. The Morgan fingerprint density at radius 3 is 2.56 bits per heavy atom. The molecular formula is C18H28N4O2S. The van der Waals surface area contributed by atoms with Crippen molar-refractivity contribution in [3.8, 4) is 0 Å². The first-order valence-corrected chi connectivity index (χ1v) is 9.89. The van der Waals surface area contributed by atoms with Crippen LogP contribution in [0, 0.1) is 6.92 Å². The zero-order valence-corrected chi connectivity index (χ0v) is 15.9. The second-order valence-corrected chi connectivity index (χ2v) is 7.34. The van der Waals surface area contributed by atoms with E-state index in [9.17, 15) is 9.59 Å². The maximum Gasteiger partial charge on any atom is 0.227 e. The van der Waals surface area contributed by atoms with Crippen LogP contribution in [0.2, 0.25) is 0 Å². The van der Waals surface area contributed by atoms with Gasteiger partial charge in [-0.25, -0.2) is 0 Å². The van der Waals surface area contributed by atoms with Crippen LogP contribution in [-0.2, 0) is 9.59 Å². The maximum absolute atomic E-state index is 12.0. The first-order chi connectivity index (χ1) is 12.0. The van der Waals surface area contributed by atoms with Gasteiger partial charge in [0.15, 0.2) is 0 Å². The smallest absolute Gasteiger partial charge is 0.227 e. The van der Waals surface area contributed by atoms with E-state index in [2.05, 4.69) is 34.2 Å². The molecule has 7 heteroatoms. The molecule has 0 aliphatic carbocycles. The van der Waals surface area contributed by atoms with Gasteiger partial charge >= 0.3 is 0 Å².